The average Bonchev–Trinajstić information content (AvgIpc) is 3.23. The van der Waals surface area contributed by atoms with E-state index in [9.17, 15) is 14.0 Å². The zero-order valence-electron chi connectivity index (χ0n) is 14.1. The van der Waals surface area contributed by atoms with Crippen molar-refractivity contribution >= 4 is 61.6 Å². The number of anilines is 1. The fraction of sp³-hybridized carbons (Fsp3) is 0.176. The van der Waals surface area contributed by atoms with Crippen LogP contribution in [0.4, 0.5) is 9.52 Å². The first-order valence-electron chi connectivity index (χ1n) is 7.81. The summed E-state index contributed by atoms with van der Waals surface area (Å²) in [5, 5.41) is 4.94. The van der Waals surface area contributed by atoms with E-state index in [1.165, 1.54) is 46.6 Å². The second kappa shape index (κ2) is 9.07. The first-order chi connectivity index (χ1) is 13.1. The van der Waals surface area contributed by atoms with Crippen molar-refractivity contribution in [3.8, 4) is 0 Å². The number of benzene rings is 1. The van der Waals surface area contributed by atoms with Crippen LogP contribution in [-0.2, 0) is 16.1 Å². The lowest BCUT2D eigenvalue weighted by Gasteiger charge is -2.01. The van der Waals surface area contributed by atoms with Gasteiger partial charge >= 0.3 is 0 Å². The number of nitrogens with one attached hydrogen (secondary N) is 1. The molecule has 0 saturated heterocycles. The molecule has 0 bridgehead atoms. The summed E-state index contributed by atoms with van der Waals surface area (Å²) in [6, 6.07) is 4.45. The number of halogens is 1. The van der Waals surface area contributed by atoms with E-state index >= 15 is 0 Å². The maximum atomic E-state index is 13.4. The number of allylic oxidation sites excluding steroid dienone is 1. The molecule has 2 amide bonds. The molecule has 1 aromatic carbocycles. The minimum absolute atomic E-state index is 0.0714. The molecule has 2 heterocycles. The van der Waals surface area contributed by atoms with E-state index in [-0.39, 0.29) is 29.1 Å². The number of nitrogens with zero attached hydrogens (tertiary/aromatic N) is 3. The molecular weight excluding hydrogens is 407 g/mol. The number of thiazole rings is 2. The smallest absolute Gasteiger partial charge is 0.258 e. The Balaban J connectivity index is 1.66. The highest BCUT2D eigenvalue weighted by Crippen LogP contribution is 2.19. The van der Waals surface area contributed by atoms with Gasteiger partial charge in [-0.2, -0.15) is 4.99 Å². The van der Waals surface area contributed by atoms with E-state index < -0.39 is 0 Å². The fourth-order valence-electron chi connectivity index (χ4n) is 2.25. The number of carbonyl (C=O) groups is 2. The van der Waals surface area contributed by atoms with Gasteiger partial charge in [-0.25, -0.2) is 9.37 Å². The van der Waals surface area contributed by atoms with Gasteiger partial charge in [0.25, 0.3) is 5.91 Å². The summed E-state index contributed by atoms with van der Waals surface area (Å²) in [6.45, 7) is 4.17. The van der Waals surface area contributed by atoms with Crippen LogP contribution in [0.2, 0.25) is 0 Å². The average molecular weight is 423 g/mol. The van der Waals surface area contributed by atoms with Crippen LogP contribution in [0.1, 0.15) is 0 Å². The van der Waals surface area contributed by atoms with Crippen molar-refractivity contribution in [3.63, 3.8) is 0 Å². The van der Waals surface area contributed by atoms with Crippen molar-refractivity contribution in [2.75, 3.05) is 16.8 Å². The molecule has 0 aliphatic carbocycles. The summed E-state index contributed by atoms with van der Waals surface area (Å²) in [5.74, 6) is -0.713. The Morgan fingerprint density at radius 3 is 3.00 bits per heavy atom. The zero-order chi connectivity index (χ0) is 19.2. The molecule has 6 nitrogen and oxygen atoms in total. The predicted molar refractivity (Wildman–Crippen MR) is 109 cm³/mol. The van der Waals surface area contributed by atoms with Gasteiger partial charge in [0.1, 0.15) is 5.82 Å². The third kappa shape index (κ3) is 5.12. The largest absolute Gasteiger partial charge is 0.313 e. The lowest BCUT2D eigenvalue weighted by atomic mass is 10.3. The number of aromatic nitrogens is 2. The summed E-state index contributed by atoms with van der Waals surface area (Å²) in [4.78, 5) is 32.5. The van der Waals surface area contributed by atoms with Gasteiger partial charge in [0.15, 0.2) is 9.93 Å². The van der Waals surface area contributed by atoms with E-state index in [0.717, 1.165) is 5.52 Å². The quantitative estimate of drug-likeness (QED) is 0.593. The first-order valence-corrected chi connectivity index (χ1v) is 10.7. The minimum atomic E-state index is -0.355. The van der Waals surface area contributed by atoms with Gasteiger partial charge in [0.2, 0.25) is 5.91 Å². The molecule has 0 saturated carbocycles. The van der Waals surface area contributed by atoms with Crippen molar-refractivity contribution in [1.29, 1.82) is 0 Å². The van der Waals surface area contributed by atoms with Gasteiger partial charge in [-0.3, -0.25) is 9.59 Å². The molecule has 0 aliphatic heterocycles. The second-order valence-electron chi connectivity index (χ2n) is 5.28. The monoisotopic (exact) mass is 422 g/mol. The summed E-state index contributed by atoms with van der Waals surface area (Å²) < 4.78 is 16.0. The van der Waals surface area contributed by atoms with E-state index in [1.54, 1.807) is 23.7 Å². The summed E-state index contributed by atoms with van der Waals surface area (Å²) in [7, 11) is 0. The Labute approximate surface area is 166 Å². The molecule has 10 heteroatoms. The molecule has 0 aliphatic rings. The first kappa shape index (κ1) is 19.5. The van der Waals surface area contributed by atoms with Crippen LogP contribution in [0.25, 0.3) is 10.2 Å². The van der Waals surface area contributed by atoms with E-state index in [0.29, 0.717) is 21.2 Å². The van der Waals surface area contributed by atoms with Gasteiger partial charge in [0, 0.05) is 18.1 Å². The molecule has 3 rings (SSSR count). The van der Waals surface area contributed by atoms with Crippen molar-refractivity contribution in [3.05, 3.63) is 53.0 Å². The number of thioether (sulfide) groups is 1. The van der Waals surface area contributed by atoms with Crippen LogP contribution in [0.5, 0.6) is 0 Å². The molecule has 0 radical (unpaired) electrons. The van der Waals surface area contributed by atoms with E-state index in [2.05, 4.69) is 21.9 Å². The Morgan fingerprint density at radius 2 is 2.26 bits per heavy atom. The molecule has 0 atom stereocenters. The number of rotatable bonds is 7. The second-order valence-corrected chi connectivity index (χ2v) is 8.17. The summed E-state index contributed by atoms with van der Waals surface area (Å²) in [5.41, 5.74) is 0.795. The Bertz CT molecular complexity index is 1040. The van der Waals surface area contributed by atoms with Gasteiger partial charge in [0.05, 0.1) is 21.7 Å². The number of fused-ring (bicyclic) bond motifs is 1. The van der Waals surface area contributed by atoms with Crippen LogP contribution in [0.15, 0.2) is 47.4 Å². The number of carbonyl (C=O) groups excluding carboxylic acids is 2. The highest BCUT2D eigenvalue weighted by atomic mass is 32.2. The van der Waals surface area contributed by atoms with Crippen molar-refractivity contribution in [1.82, 2.24) is 9.55 Å². The van der Waals surface area contributed by atoms with Gasteiger partial charge in [-0.15, -0.1) is 29.7 Å². The highest BCUT2D eigenvalue weighted by molar-refractivity contribution is 8.00. The lowest BCUT2D eigenvalue weighted by Crippen LogP contribution is -2.18. The van der Waals surface area contributed by atoms with Crippen LogP contribution in [0, 0.1) is 5.82 Å². The predicted octanol–water partition coefficient (Wildman–Crippen LogP) is 3.28. The lowest BCUT2D eigenvalue weighted by molar-refractivity contribution is -0.115. The van der Waals surface area contributed by atoms with Crippen LogP contribution >= 0.6 is 34.4 Å². The van der Waals surface area contributed by atoms with Crippen LogP contribution in [-0.4, -0.2) is 32.9 Å². The van der Waals surface area contributed by atoms with Gasteiger partial charge in [-0.1, -0.05) is 17.4 Å². The van der Waals surface area contributed by atoms with Crippen molar-refractivity contribution in [2.24, 2.45) is 4.99 Å². The standard InChI is InChI=1S/C17H15FN4O2S3/c1-2-6-22-12-4-3-11(18)8-13(12)27-17(22)21-15(24)10-25-9-14(23)20-16-19-5-7-26-16/h2-5,7-8H,1,6,9-10H2,(H,19,20,23). The molecule has 140 valence electrons. The maximum Gasteiger partial charge on any atom is 0.258 e. The number of hydrogen-bond acceptors (Lipinski definition) is 6. The molecule has 0 spiro atoms. The molecule has 0 unspecified atom stereocenters. The minimum Gasteiger partial charge on any atom is -0.313 e. The summed E-state index contributed by atoms with van der Waals surface area (Å²) >= 11 is 3.74. The maximum absolute atomic E-state index is 13.4. The molecular formula is C17H15FN4O2S3. The third-order valence-corrected chi connectivity index (χ3v) is 5.96. The van der Waals surface area contributed by atoms with Crippen molar-refractivity contribution < 1.29 is 14.0 Å². The van der Waals surface area contributed by atoms with Crippen LogP contribution in [0.3, 0.4) is 0 Å². The van der Waals surface area contributed by atoms with E-state index in [4.69, 9.17) is 0 Å². The van der Waals surface area contributed by atoms with E-state index in [1.807, 2.05) is 4.57 Å². The third-order valence-electron chi connectivity index (χ3n) is 3.31. The topological polar surface area (TPSA) is 76.3 Å². The fourth-order valence-corrected chi connectivity index (χ4v) is 4.47. The number of hydrogen-bond donors (Lipinski definition) is 1. The summed E-state index contributed by atoms with van der Waals surface area (Å²) in [6.07, 6.45) is 3.29. The molecule has 2 aromatic heterocycles. The SMILES string of the molecule is C=CCn1c(=NC(=O)CSCC(=O)Nc2nccs2)sc2cc(F)ccc21. The Morgan fingerprint density at radius 1 is 1.41 bits per heavy atom. The zero-order valence-corrected chi connectivity index (χ0v) is 16.5. The highest BCUT2D eigenvalue weighted by Gasteiger charge is 2.10. The van der Waals surface area contributed by atoms with Crippen LogP contribution < -0.4 is 10.1 Å². The molecule has 0 fully saturated rings. The van der Waals surface area contributed by atoms with Gasteiger partial charge in [-0.05, 0) is 18.2 Å². The molecule has 3 aromatic rings. The number of amides is 2. The molecule has 1 N–H and O–H groups in total. The molecule has 27 heavy (non-hydrogen) atoms. The normalized spacial score (nSPS) is 11.7. The Kier molecular flexibility index (Phi) is 6.54. The Hall–Kier alpha value is -2.30. The van der Waals surface area contributed by atoms with Gasteiger partial charge < -0.3 is 9.88 Å². The van der Waals surface area contributed by atoms with Crippen molar-refractivity contribution in [2.45, 2.75) is 6.54 Å².